The van der Waals surface area contributed by atoms with Gasteiger partial charge in [0.05, 0.1) is 17.1 Å². The molecule has 0 unspecified atom stereocenters. The number of piperidine rings is 1. The molecule has 0 radical (unpaired) electrons. The number of nitriles is 1. The van der Waals surface area contributed by atoms with Crippen LogP contribution in [0.3, 0.4) is 0 Å². The Bertz CT molecular complexity index is 1280. The van der Waals surface area contributed by atoms with Gasteiger partial charge >= 0.3 is 0 Å². The Morgan fingerprint density at radius 1 is 1.20 bits per heavy atom. The van der Waals surface area contributed by atoms with Gasteiger partial charge in [-0.3, -0.25) is 4.79 Å². The lowest BCUT2D eigenvalue weighted by atomic mass is 9.62. The molecule has 4 atom stereocenters. The molecule has 2 saturated heterocycles. The fraction of sp³-hybridized carbons (Fsp3) is 0.548. The summed E-state index contributed by atoms with van der Waals surface area (Å²) in [6.07, 6.45) is 2.00. The molecule has 40 heavy (non-hydrogen) atoms. The number of benzene rings is 2. The van der Waals surface area contributed by atoms with Crippen molar-refractivity contribution in [2.75, 3.05) is 13.1 Å². The first kappa shape index (κ1) is 30.7. The number of hydrogen-bond donors (Lipinski definition) is 2. The number of carbonyl (C=O) groups is 1. The lowest BCUT2D eigenvalue weighted by Gasteiger charge is -2.38. The molecule has 2 fully saturated rings. The van der Waals surface area contributed by atoms with Crippen molar-refractivity contribution in [1.29, 1.82) is 5.26 Å². The Balaban J connectivity index is 1.84. The molecule has 2 aromatic rings. The smallest absolute Gasteiger partial charge is 0.238 e. The van der Waals surface area contributed by atoms with Crippen molar-refractivity contribution in [3.05, 3.63) is 69.2 Å². The average molecular weight is 592 g/mol. The number of nitrogens with one attached hydrogen (secondary N) is 2. The van der Waals surface area contributed by atoms with Gasteiger partial charge in [-0.25, -0.2) is 8.78 Å². The molecule has 2 N–H and O–H groups in total. The first-order chi connectivity index (χ1) is 18.8. The molecule has 5 nitrogen and oxygen atoms in total. The third-order valence-electron chi connectivity index (χ3n) is 8.34. The summed E-state index contributed by atoms with van der Waals surface area (Å²) in [7, 11) is 0. The molecule has 0 saturated carbocycles. The van der Waals surface area contributed by atoms with Gasteiger partial charge < -0.3 is 15.5 Å². The quantitative estimate of drug-likeness (QED) is 0.398. The van der Waals surface area contributed by atoms with E-state index in [9.17, 15) is 10.1 Å². The zero-order chi connectivity index (χ0) is 29.4. The molecule has 216 valence electrons. The Morgan fingerprint density at radius 3 is 2.45 bits per heavy atom. The first-order valence-electron chi connectivity index (χ1n) is 13.9. The van der Waals surface area contributed by atoms with E-state index < -0.39 is 35.1 Å². The van der Waals surface area contributed by atoms with Crippen LogP contribution in [0.4, 0.5) is 8.78 Å². The first-order valence-corrected chi connectivity index (χ1v) is 14.6. The minimum atomic E-state index is -1.63. The summed E-state index contributed by atoms with van der Waals surface area (Å²) in [5.74, 6) is -2.79. The van der Waals surface area contributed by atoms with E-state index in [2.05, 4.69) is 35.5 Å². The van der Waals surface area contributed by atoms with Gasteiger partial charge in [0.1, 0.15) is 17.0 Å². The Hall–Kier alpha value is -2.24. The van der Waals surface area contributed by atoms with Crippen molar-refractivity contribution in [3.8, 4) is 6.07 Å². The topological polar surface area (TPSA) is 68.2 Å². The van der Waals surface area contributed by atoms with E-state index in [4.69, 9.17) is 23.2 Å². The molecule has 2 heterocycles. The highest BCUT2D eigenvalue weighted by molar-refractivity contribution is 6.31. The van der Waals surface area contributed by atoms with Crippen molar-refractivity contribution in [3.63, 3.8) is 0 Å². The van der Waals surface area contributed by atoms with Crippen LogP contribution in [0.25, 0.3) is 0 Å². The molecular weight excluding hydrogens is 553 g/mol. The number of rotatable bonds is 6. The van der Waals surface area contributed by atoms with E-state index in [1.165, 1.54) is 24.3 Å². The largest absolute Gasteiger partial charge is 0.352 e. The van der Waals surface area contributed by atoms with Crippen molar-refractivity contribution in [2.45, 2.75) is 89.4 Å². The summed E-state index contributed by atoms with van der Waals surface area (Å²) in [5.41, 5.74) is -1.75. The van der Waals surface area contributed by atoms with Gasteiger partial charge in [-0.05, 0) is 62.3 Å². The molecule has 2 aliphatic rings. The molecule has 0 spiro atoms. The minimum absolute atomic E-state index is 0.0559. The van der Waals surface area contributed by atoms with Crippen LogP contribution < -0.4 is 10.6 Å². The molecule has 0 bridgehead atoms. The van der Waals surface area contributed by atoms with E-state index in [1.807, 2.05) is 20.8 Å². The van der Waals surface area contributed by atoms with E-state index >= 15 is 8.78 Å². The molecule has 4 rings (SSSR count). The van der Waals surface area contributed by atoms with Gasteiger partial charge in [0.2, 0.25) is 5.91 Å². The maximum atomic E-state index is 15.8. The van der Waals surface area contributed by atoms with E-state index in [0.717, 1.165) is 32.0 Å². The fourth-order valence-electron chi connectivity index (χ4n) is 6.41. The number of carbonyl (C=O) groups excluding carboxylic acids is 1. The van der Waals surface area contributed by atoms with Crippen LogP contribution in [0.5, 0.6) is 0 Å². The van der Waals surface area contributed by atoms with Crippen molar-refractivity contribution in [1.82, 2.24) is 15.5 Å². The lowest BCUT2D eigenvalue weighted by Crippen LogP contribution is -2.52. The summed E-state index contributed by atoms with van der Waals surface area (Å²) in [4.78, 5) is 16.4. The third-order valence-corrected chi connectivity index (χ3v) is 8.86. The van der Waals surface area contributed by atoms with Gasteiger partial charge in [0.15, 0.2) is 0 Å². The normalized spacial score (nSPS) is 26.2. The number of nitrogens with zero attached hydrogens (tertiary/aromatic N) is 2. The molecule has 2 aromatic carbocycles. The predicted octanol–water partition coefficient (Wildman–Crippen LogP) is 6.58. The highest BCUT2D eigenvalue weighted by Crippen LogP contribution is 2.52. The van der Waals surface area contributed by atoms with Crippen LogP contribution in [-0.2, 0) is 10.2 Å². The second-order valence-electron chi connectivity index (χ2n) is 12.6. The summed E-state index contributed by atoms with van der Waals surface area (Å²) in [6, 6.07) is 9.79. The van der Waals surface area contributed by atoms with Crippen LogP contribution in [0.1, 0.15) is 70.9 Å². The van der Waals surface area contributed by atoms with Crippen molar-refractivity contribution in [2.24, 2.45) is 5.41 Å². The Kier molecular flexibility index (Phi) is 9.16. The van der Waals surface area contributed by atoms with Gasteiger partial charge in [-0.1, -0.05) is 62.2 Å². The molecule has 0 aliphatic carbocycles. The van der Waals surface area contributed by atoms with Crippen LogP contribution in [0, 0.1) is 28.4 Å². The molecule has 1 amide bonds. The van der Waals surface area contributed by atoms with Crippen molar-refractivity contribution < 1.29 is 13.6 Å². The highest BCUT2D eigenvalue weighted by atomic mass is 35.5. The van der Waals surface area contributed by atoms with Gasteiger partial charge in [0.25, 0.3) is 0 Å². The van der Waals surface area contributed by atoms with Gasteiger partial charge in [-0.2, -0.15) is 5.26 Å². The van der Waals surface area contributed by atoms with Crippen LogP contribution in [-0.4, -0.2) is 48.1 Å². The maximum Gasteiger partial charge on any atom is 0.238 e. The third kappa shape index (κ3) is 6.01. The van der Waals surface area contributed by atoms with Gasteiger partial charge in [0, 0.05) is 47.7 Å². The van der Waals surface area contributed by atoms with E-state index in [-0.39, 0.29) is 38.5 Å². The predicted molar refractivity (Wildman–Crippen MR) is 156 cm³/mol. The van der Waals surface area contributed by atoms with Gasteiger partial charge in [-0.15, -0.1) is 0 Å². The Labute approximate surface area is 246 Å². The van der Waals surface area contributed by atoms with Crippen LogP contribution in [0.15, 0.2) is 36.4 Å². The standard InChI is InChI=1S/C31H38Cl2F2N4O/c1-18(2)39-13-11-20(12-14-39)37-29(40)28-26(21-7-6-8-23(33)27(21)35)31(17-36,25(38-28)16-30(3,4)5)22-10-9-19(32)15-24(22)34/h6-10,15,18,20,25-26,28,38H,11-14,16H2,1-5H3,(H,37,40)/t25-,26-,28+,31-/m0/s1. The Morgan fingerprint density at radius 2 is 1.88 bits per heavy atom. The van der Waals surface area contributed by atoms with E-state index in [0.29, 0.717) is 12.5 Å². The second-order valence-corrected chi connectivity index (χ2v) is 13.4. The highest BCUT2D eigenvalue weighted by Gasteiger charge is 2.61. The second kappa shape index (κ2) is 11.9. The SMILES string of the molecule is CC(C)N1CCC(NC(=O)[C@@H]2N[C@@H](CC(C)(C)C)[C@](C#N)(c3ccc(Cl)cc3F)[C@H]2c2cccc(Cl)c2F)CC1. The summed E-state index contributed by atoms with van der Waals surface area (Å²) >= 11 is 12.3. The fourth-order valence-corrected chi connectivity index (χ4v) is 6.75. The monoisotopic (exact) mass is 590 g/mol. The lowest BCUT2D eigenvalue weighted by molar-refractivity contribution is -0.124. The summed E-state index contributed by atoms with van der Waals surface area (Å²) in [6.45, 7) is 12.1. The van der Waals surface area contributed by atoms with Crippen molar-refractivity contribution >= 4 is 29.1 Å². The van der Waals surface area contributed by atoms with E-state index in [1.54, 1.807) is 6.07 Å². The molecular formula is C31H38Cl2F2N4O. The zero-order valence-electron chi connectivity index (χ0n) is 23.7. The van der Waals surface area contributed by atoms with Crippen LogP contribution in [0.2, 0.25) is 10.0 Å². The molecule has 0 aromatic heterocycles. The number of halogens is 4. The average Bonchev–Trinajstić information content (AvgIpc) is 3.19. The molecule has 2 aliphatic heterocycles. The zero-order valence-corrected chi connectivity index (χ0v) is 25.2. The molecule has 9 heteroatoms. The number of likely N-dealkylation sites (tertiary alicyclic amines) is 1. The van der Waals surface area contributed by atoms with Crippen LogP contribution >= 0.6 is 23.2 Å². The number of amides is 1. The number of hydrogen-bond acceptors (Lipinski definition) is 4. The summed E-state index contributed by atoms with van der Waals surface area (Å²) < 4.78 is 31.5. The summed E-state index contributed by atoms with van der Waals surface area (Å²) in [5, 5.41) is 17.6. The maximum absolute atomic E-state index is 15.8. The minimum Gasteiger partial charge on any atom is -0.352 e.